The van der Waals surface area contributed by atoms with Gasteiger partial charge in [0.15, 0.2) is 0 Å². The molecule has 1 aromatic carbocycles. The van der Waals surface area contributed by atoms with E-state index < -0.39 is 0 Å². The van der Waals surface area contributed by atoms with Gasteiger partial charge in [0.1, 0.15) is 5.75 Å². The molecule has 4 nitrogen and oxygen atoms in total. The Hall–Kier alpha value is -1.71. The van der Waals surface area contributed by atoms with E-state index in [0.717, 1.165) is 23.2 Å². The van der Waals surface area contributed by atoms with Crippen LogP contribution >= 0.6 is 0 Å². The Kier molecular flexibility index (Phi) is 2.73. The van der Waals surface area contributed by atoms with Crippen molar-refractivity contribution in [2.45, 2.75) is 26.3 Å². The Morgan fingerprint density at radius 2 is 2.25 bits per heavy atom. The van der Waals surface area contributed by atoms with E-state index in [1.54, 1.807) is 7.11 Å². The quantitative estimate of drug-likeness (QED) is 0.863. The molecule has 1 atom stereocenters. The molecule has 0 bridgehead atoms. The molecule has 0 radical (unpaired) electrons. The summed E-state index contributed by atoms with van der Waals surface area (Å²) in [6, 6.07) is 6.15. The minimum atomic E-state index is 0.345. The van der Waals surface area contributed by atoms with E-state index in [1.165, 1.54) is 0 Å². The summed E-state index contributed by atoms with van der Waals surface area (Å²) in [6.45, 7) is 4.27. The minimum Gasteiger partial charge on any atom is -0.497 e. The smallest absolute Gasteiger partial charge is 0.201 e. The summed E-state index contributed by atoms with van der Waals surface area (Å²) in [5.41, 5.74) is 7.88. The molecule has 4 heteroatoms. The number of ether oxygens (including phenoxy) is 1. The summed E-state index contributed by atoms with van der Waals surface area (Å²) in [7, 11) is 1.66. The summed E-state index contributed by atoms with van der Waals surface area (Å²) in [5, 5.41) is 0. The maximum Gasteiger partial charge on any atom is 0.201 e. The number of rotatable bonds is 3. The molecule has 1 unspecified atom stereocenters. The molecule has 0 fully saturated rings. The molecule has 0 amide bonds. The lowest BCUT2D eigenvalue weighted by Crippen LogP contribution is -2.07. The number of nitrogen functional groups attached to an aromatic ring is 1. The minimum absolute atomic E-state index is 0.345. The zero-order chi connectivity index (χ0) is 11.7. The van der Waals surface area contributed by atoms with Gasteiger partial charge in [0.25, 0.3) is 0 Å². The van der Waals surface area contributed by atoms with Gasteiger partial charge in [-0.2, -0.15) is 0 Å². The zero-order valence-electron chi connectivity index (χ0n) is 9.90. The van der Waals surface area contributed by atoms with Gasteiger partial charge < -0.3 is 15.0 Å². The van der Waals surface area contributed by atoms with Crippen molar-refractivity contribution in [3.8, 4) is 5.75 Å². The molecule has 2 N–H and O–H groups in total. The molecule has 0 aliphatic rings. The lowest BCUT2D eigenvalue weighted by molar-refractivity contribution is 0.415. The highest BCUT2D eigenvalue weighted by Crippen LogP contribution is 2.27. The Balaban J connectivity index is 2.65. The molecular formula is C12H17N3O. The fraction of sp³-hybridized carbons (Fsp3) is 0.417. The van der Waals surface area contributed by atoms with Crippen LogP contribution in [0.25, 0.3) is 11.0 Å². The first-order chi connectivity index (χ1) is 7.67. The van der Waals surface area contributed by atoms with Crippen molar-refractivity contribution in [1.29, 1.82) is 0 Å². The number of benzene rings is 1. The number of imidazole rings is 1. The topological polar surface area (TPSA) is 53.1 Å². The van der Waals surface area contributed by atoms with Crippen molar-refractivity contribution < 1.29 is 4.74 Å². The van der Waals surface area contributed by atoms with Crippen LogP contribution in [0.5, 0.6) is 5.75 Å². The van der Waals surface area contributed by atoms with Gasteiger partial charge in [-0.25, -0.2) is 4.98 Å². The third kappa shape index (κ3) is 1.60. The second-order valence-corrected chi connectivity index (χ2v) is 3.95. The van der Waals surface area contributed by atoms with E-state index >= 15 is 0 Å². The maximum atomic E-state index is 5.93. The van der Waals surface area contributed by atoms with Crippen LogP contribution in [0.15, 0.2) is 18.2 Å². The largest absolute Gasteiger partial charge is 0.497 e. The van der Waals surface area contributed by atoms with Crippen molar-refractivity contribution in [3.63, 3.8) is 0 Å². The van der Waals surface area contributed by atoms with Crippen LogP contribution in [0.4, 0.5) is 5.95 Å². The number of nitrogens with zero attached hydrogens (tertiary/aromatic N) is 2. The molecule has 0 aliphatic heterocycles. The summed E-state index contributed by atoms with van der Waals surface area (Å²) in [4.78, 5) is 4.34. The zero-order valence-corrected chi connectivity index (χ0v) is 9.90. The Labute approximate surface area is 95.0 Å². The molecular weight excluding hydrogens is 202 g/mol. The second kappa shape index (κ2) is 4.04. The van der Waals surface area contributed by atoms with Crippen LogP contribution in [-0.4, -0.2) is 16.7 Å². The molecule has 2 rings (SSSR count). The van der Waals surface area contributed by atoms with Crippen molar-refractivity contribution in [1.82, 2.24) is 9.55 Å². The molecule has 1 aromatic heterocycles. The summed E-state index contributed by atoms with van der Waals surface area (Å²) >= 11 is 0. The van der Waals surface area contributed by atoms with Gasteiger partial charge in [0.2, 0.25) is 5.95 Å². The summed E-state index contributed by atoms with van der Waals surface area (Å²) in [6.07, 6.45) is 1.02. The molecule has 0 saturated carbocycles. The average Bonchev–Trinajstić information content (AvgIpc) is 2.63. The van der Waals surface area contributed by atoms with Crippen molar-refractivity contribution in [2.24, 2.45) is 0 Å². The molecule has 0 saturated heterocycles. The number of aromatic nitrogens is 2. The van der Waals surface area contributed by atoms with Gasteiger partial charge in [-0.1, -0.05) is 6.92 Å². The molecule has 0 aliphatic carbocycles. The first-order valence-corrected chi connectivity index (χ1v) is 5.48. The first kappa shape index (κ1) is 10.8. The second-order valence-electron chi connectivity index (χ2n) is 3.95. The average molecular weight is 219 g/mol. The number of fused-ring (bicyclic) bond motifs is 1. The third-order valence-corrected chi connectivity index (χ3v) is 2.96. The first-order valence-electron chi connectivity index (χ1n) is 5.48. The van der Waals surface area contributed by atoms with Crippen LogP contribution in [0.3, 0.4) is 0 Å². The SMILES string of the molecule is CCC(C)n1c(N)nc2ccc(OC)cc21. The normalized spacial score (nSPS) is 12.9. The molecule has 86 valence electrons. The highest BCUT2D eigenvalue weighted by Gasteiger charge is 2.12. The lowest BCUT2D eigenvalue weighted by atomic mass is 10.2. The van der Waals surface area contributed by atoms with Gasteiger partial charge in [-0.15, -0.1) is 0 Å². The highest BCUT2D eigenvalue weighted by atomic mass is 16.5. The Morgan fingerprint density at radius 1 is 1.50 bits per heavy atom. The number of hydrogen-bond acceptors (Lipinski definition) is 3. The fourth-order valence-electron chi connectivity index (χ4n) is 1.86. The standard InChI is InChI=1S/C12H17N3O/c1-4-8(2)15-11-7-9(16-3)5-6-10(11)14-12(15)13/h5-8H,4H2,1-3H3,(H2,13,14). The summed E-state index contributed by atoms with van der Waals surface area (Å²) in [5.74, 6) is 1.40. The van der Waals surface area contributed by atoms with Crippen molar-refractivity contribution >= 4 is 17.0 Å². The monoisotopic (exact) mass is 219 g/mol. The van der Waals surface area contributed by atoms with Crippen molar-refractivity contribution in [2.75, 3.05) is 12.8 Å². The van der Waals surface area contributed by atoms with Gasteiger partial charge in [-0.3, -0.25) is 0 Å². The van der Waals surface area contributed by atoms with Crippen LogP contribution in [0, 0.1) is 0 Å². The Morgan fingerprint density at radius 3 is 2.88 bits per heavy atom. The fourth-order valence-corrected chi connectivity index (χ4v) is 1.86. The van der Waals surface area contributed by atoms with E-state index in [4.69, 9.17) is 10.5 Å². The van der Waals surface area contributed by atoms with E-state index in [-0.39, 0.29) is 0 Å². The summed E-state index contributed by atoms with van der Waals surface area (Å²) < 4.78 is 7.27. The van der Waals surface area contributed by atoms with Crippen LogP contribution in [-0.2, 0) is 0 Å². The van der Waals surface area contributed by atoms with Gasteiger partial charge in [0, 0.05) is 12.1 Å². The maximum absolute atomic E-state index is 5.93. The highest BCUT2D eigenvalue weighted by molar-refractivity contribution is 5.80. The van der Waals surface area contributed by atoms with E-state index in [9.17, 15) is 0 Å². The molecule has 16 heavy (non-hydrogen) atoms. The van der Waals surface area contributed by atoms with Gasteiger partial charge in [0.05, 0.1) is 18.1 Å². The van der Waals surface area contributed by atoms with Crippen LogP contribution < -0.4 is 10.5 Å². The van der Waals surface area contributed by atoms with Crippen LogP contribution in [0.2, 0.25) is 0 Å². The van der Waals surface area contributed by atoms with Gasteiger partial charge >= 0.3 is 0 Å². The van der Waals surface area contributed by atoms with Gasteiger partial charge in [-0.05, 0) is 25.5 Å². The van der Waals surface area contributed by atoms with E-state index in [1.807, 2.05) is 18.2 Å². The third-order valence-electron chi connectivity index (χ3n) is 2.96. The Bertz CT molecular complexity index is 504. The van der Waals surface area contributed by atoms with E-state index in [0.29, 0.717) is 12.0 Å². The number of hydrogen-bond donors (Lipinski definition) is 1. The molecule has 0 spiro atoms. The number of methoxy groups -OCH3 is 1. The van der Waals surface area contributed by atoms with E-state index in [2.05, 4.69) is 23.4 Å². The lowest BCUT2D eigenvalue weighted by Gasteiger charge is -2.13. The predicted molar refractivity (Wildman–Crippen MR) is 65.7 cm³/mol. The predicted octanol–water partition coefficient (Wildman–Crippen LogP) is 2.60. The molecule has 1 heterocycles. The molecule has 2 aromatic rings. The van der Waals surface area contributed by atoms with Crippen LogP contribution in [0.1, 0.15) is 26.3 Å². The van der Waals surface area contributed by atoms with Crippen molar-refractivity contribution in [3.05, 3.63) is 18.2 Å². The number of anilines is 1. The number of nitrogens with two attached hydrogens (primary N) is 1.